The summed E-state index contributed by atoms with van der Waals surface area (Å²) in [5.41, 5.74) is -2.29. The highest BCUT2D eigenvalue weighted by Gasteiger charge is 2.35. The first-order chi connectivity index (χ1) is 9.55. The van der Waals surface area contributed by atoms with Crippen LogP contribution in [0.15, 0.2) is 18.2 Å². The molecule has 8 heteroatoms. The van der Waals surface area contributed by atoms with Gasteiger partial charge in [0.1, 0.15) is 11.9 Å². The summed E-state index contributed by atoms with van der Waals surface area (Å²) in [5, 5.41) is 2.16. The maximum Gasteiger partial charge on any atom is 0.419 e. The van der Waals surface area contributed by atoms with Gasteiger partial charge < -0.3 is 10.2 Å². The van der Waals surface area contributed by atoms with Gasteiger partial charge in [-0.2, -0.15) is 13.2 Å². The summed E-state index contributed by atoms with van der Waals surface area (Å²) in [4.78, 5) is 24.6. The minimum atomic E-state index is -4.90. The molecular formula is C13H14F4N2O2. The fourth-order valence-electron chi connectivity index (χ4n) is 1.65. The van der Waals surface area contributed by atoms with E-state index in [0.29, 0.717) is 6.07 Å². The van der Waals surface area contributed by atoms with Crippen LogP contribution in [0.25, 0.3) is 0 Å². The van der Waals surface area contributed by atoms with Crippen LogP contribution < -0.4 is 5.32 Å². The third kappa shape index (κ3) is 3.93. The van der Waals surface area contributed by atoms with Crippen molar-refractivity contribution >= 4 is 11.8 Å². The maximum absolute atomic E-state index is 13.8. The average molecular weight is 306 g/mol. The lowest BCUT2D eigenvalue weighted by atomic mass is 10.1. The highest BCUT2D eigenvalue weighted by molar-refractivity contribution is 5.97. The average Bonchev–Trinajstić information content (AvgIpc) is 2.36. The molecule has 2 amide bonds. The van der Waals surface area contributed by atoms with Gasteiger partial charge in [-0.05, 0) is 19.1 Å². The zero-order valence-electron chi connectivity index (χ0n) is 11.6. The Labute approximate surface area is 118 Å². The Morgan fingerprint density at radius 2 is 1.81 bits per heavy atom. The van der Waals surface area contributed by atoms with Crippen molar-refractivity contribution in [2.75, 3.05) is 14.1 Å². The highest BCUT2D eigenvalue weighted by Crippen LogP contribution is 2.32. The van der Waals surface area contributed by atoms with E-state index in [1.165, 1.54) is 25.9 Å². The molecule has 0 bridgehead atoms. The number of likely N-dealkylation sites (N-methyl/N-ethyl adjacent to an activating group) is 1. The standard InChI is InChI=1S/C13H14F4N2O2/c1-7(12(21)19(2)3)18-11(20)8-5-4-6-9(10(8)14)13(15,16)17/h4-7H,1-3H3,(H,18,20). The van der Waals surface area contributed by atoms with Gasteiger partial charge in [-0.1, -0.05) is 6.07 Å². The van der Waals surface area contributed by atoms with E-state index in [9.17, 15) is 27.2 Å². The molecule has 0 aromatic heterocycles. The van der Waals surface area contributed by atoms with E-state index in [-0.39, 0.29) is 0 Å². The first kappa shape index (κ1) is 16.9. The van der Waals surface area contributed by atoms with Crippen LogP contribution in [0.1, 0.15) is 22.8 Å². The fourth-order valence-corrected chi connectivity index (χ4v) is 1.65. The van der Waals surface area contributed by atoms with Crippen LogP contribution in [0.2, 0.25) is 0 Å². The number of nitrogens with one attached hydrogen (secondary N) is 1. The van der Waals surface area contributed by atoms with Crippen LogP contribution in [-0.4, -0.2) is 36.9 Å². The summed E-state index contributed by atoms with van der Waals surface area (Å²) in [6, 6.07) is 1.41. The van der Waals surface area contributed by atoms with Gasteiger partial charge in [-0.25, -0.2) is 4.39 Å². The van der Waals surface area contributed by atoms with E-state index in [1.807, 2.05) is 0 Å². The van der Waals surface area contributed by atoms with E-state index in [2.05, 4.69) is 5.32 Å². The molecule has 0 spiro atoms. The van der Waals surface area contributed by atoms with Crippen molar-refractivity contribution in [2.45, 2.75) is 19.1 Å². The molecule has 0 aliphatic heterocycles. The second kappa shape index (κ2) is 6.11. The fraction of sp³-hybridized carbons (Fsp3) is 0.385. The van der Waals surface area contributed by atoms with E-state index in [4.69, 9.17) is 0 Å². The van der Waals surface area contributed by atoms with Crippen LogP contribution in [0.3, 0.4) is 0 Å². The number of hydrogen-bond donors (Lipinski definition) is 1. The number of halogens is 4. The Kier molecular flexibility index (Phi) is 4.93. The van der Waals surface area contributed by atoms with Crippen LogP contribution in [-0.2, 0) is 11.0 Å². The van der Waals surface area contributed by atoms with Crippen molar-refractivity contribution in [3.8, 4) is 0 Å². The van der Waals surface area contributed by atoms with Crippen molar-refractivity contribution in [1.29, 1.82) is 0 Å². The quantitative estimate of drug-likeness (QED) is 0.869. The molecule has 1 rings (SSSR count). The van der Waals surface area contributed by atoms with Crippen molar-refractivity contribution in [3.05, 3.63) is 35.1 Å². The second-order valence-electron chi connectivity index (χ2n) is 4.59. The third-order valence-electron chi connectivity index (χ3n) is 2.71. The van der Waals surface area contributed by atoms with Crippen molar-refractivity contribution in [2.24, 2.45) is 0 Å². The Hall–Kier alpha value is -2.12. The largest absolute Gasteiger partial charge is 0.419 e. The SMILES string of the molecule is CC(NC(=O)c1cccc(C(F)(F)F)c1F)C(=O)N(C)C. The number of alkyl halides is 3. The lowest BCUT2D eigenvalue weighted by Gasteiger charge is -2.18. The van der Waals surface area contributed by atoms with E-state index in [1.54, 1.807) is 0 Å². The van der Waals surface area contributed by atoms with Crippen molar-refractivity contribution < 1.29 is 27.2 Å². The predicted octanol–water partition coefficient (Wildman–Crippen LogP) is 2.05. The monoisotopic (exact) mass is 306 g/mol. The molecule has 1 aromatic carbocycles. The molecule has 1 unspecified atom stereocenters. The van der Waals surface area contributed by atoms with Crippen LogP contribution in [0, 0.1) is 5.82 Å². The smallest absolute Gasteiger partial charge is 0.347 e. The normalized spacial score (nSPS) is 12.7. The van der Waals surface area contributed by atoms with Crippen molar-refractivity contribution in [1.82, 2.24) is 10.2 Å². The van der Waals surface area contributed by atoms with Gasteiger partial charge in [0, 0.05) is 14.1 Å². The minimum Gasteiger partial charge on any atom is -0.347 e. The summed E-state index contributed by atoms with van der Waals surface area (Å²) in [7, 11) is 2.91. The molecule has 21 heavy (non-hydrogen) atoms. The number of hydrogen-bond acceptors (Lipinski definition) is 2. The third-order valence-corrected chi connectivity index (χ3v) is 2.71. The molecule has 0 saturated carbocycles. The molecule has 0 aliphatic rings. The number of nitrogens with zero attached hydrogens (tertiary/aromatic N) is 1. The van der Waals surface area contributed by atoms with Gasteiger partial charge in [0.15, 0.2) is 0 Å². The molecule has 116 valence electrons. The molecule has 0 saturated heterocycles. The van der Waals surface area contributed by atoms with E-state index < -0.39 is 41.0 Å². The molecule has 0 aliphatic carbocycles. The minimum absolute atomic E-state index is 0.462. The second-order valence-corrected chi connectivity index (χ2v) is 4.59. The first-order valence-electron chi connectivity index (χ1n) is 5.93. The summed E-state index contributed by atoms with van der Waals surface area (Å²) >= 11 is 0. The molecule has 0 heterocycles. The Bertz CT molecular complexity index is 556. The Morgan fingerprint density at radius 3 is 2.29 bits per heavy atom. The van der Waals surface area contributed by atoms with Gasteiger partial charge in [0.05, 0.1) is 11.1 Å². The van der Waals surface area contributed by atoms with Crippen molar-refractivity contribution in [3.63, 3.8) is 0 Å². The van der Waals surface area contributed by atoms with Gasteiger partial charge in [0.25, 0.3) is 5.91 Å². The van der Waals surface area contributed by atoms with E-state index in [0.717, 1.165) is 12.1 Å². The summed E-state index contributed by atoms with van der Waals surface area (Å²) in [5.74, 6) is -3.20. The summed E-state index contributed by atoms with van der Waals surface area (Å²) in [6.07, 6.45) is -4.90. The molecule has 1 N–H and O–H groups in total. The molecule has 0 radical (unpaired) electrons. The van der Waals surface area contributed by atoms with Gasteiger partial charge in [-0.15, -0.1) is 0 Å². The van der Waals surface area contributed by atoms with Crippen LogP contribution >= 0.6 is 0 Å². The number of benzene rings is 1. The first-order valence-corrected chi connectivity index (χ1v) is 5.93. The van der Waals surface area contributed by atoms with Crippen LogP contribution in [0.5, 0.6) is 0 Å². The lowest BCUT2D eigenvalue weighted by molar-refractivity contribution is -0.140. The number of carbonyl (C=O) groups excluding carboxylic acids is 2. The van der Waals surface area contributed by atoms with E-state index >= 15 is 0 Å². The number of carbonyl (C=O) groups is 2. The molecule has 0 fully saturated rings. The molecular weight excluding hydrogens is 292 g/mol. The number of rotatable bonds is 3. The zero-order chi connectivity index (χ0) is 16.4. The highest BCUT2D eigenvalue weighted by atomic mass is 19.4. The molecule has 1 aromatic rings. The number of amides is 2. The predicted molar refractivity (Wildman–Crippen MR) is 67.0 cm³/mol. The van der Waals surface area contributed by atoms with Gasteiger partial charge >= 0.3 is 6.18 Å². The molecule has 1 atom stereocenters. The van der Waals surface area contributed by atoms with Gasteiger partial charge in [-0.3, -0.25) is 9.59 Å². The lowest BCUT2D eigenvalue weighted by Crippen LogP contribution is -2.44. The Morgan fingerprint density at radius 1 is 1.24 bits per heavy atom. The summed E-state index contributed by atoms with van der Waals surface area (Å²) < 4.78 is 51.4. The van der Waals surface area contributed by atoms with Gasteiger partial charge in [0.2, 0.25) is 5.91 Å². The zero-order valence-corrected chi connectivity index (χ0v) is 11.6. The van der Waals surface area contributed by atoms with Crippen LogP contribution in [0.4, 0.5) is 17.6 Å². The Balaban J connectivity index is 3.02. The topological polar surface area (TPSA) is 49.4 Å². The summed E-state index contributed by atoms with van der Waals surface area (Å²) in [6.45, 7) is 1.35. The molecule has 4 nitrogen and oxygen atoms in total. The maximum atomic E-state index is 13.8.